The maximum Gasteiger partial charge on any atom is 0.331 e. The van der Waals surface area contributed by atoms with Gasteiger partial charge in [-0.2, -0.15) is 5.26 Å². The number of rotatable bonds is 8. The predicted molar refractivity (Wildman–Crippen MR) is 82.5 cm³/mol. The first-order valence-electron chi connectivity index (χ1n) is 7.56. The highest BCUT2D eigenvalue weighted by molar-refractivity contribution is 5.75. The molecule has 0 spiro atoms. The maximum atomic E-state index is 12.1. The summed E-state index contributed by atoms with van der Waals surface area (Å²) in [5.74, 6) is -0.395. The quantitative estimate of drug-likeness (QED) is 0.711. The van der Waals surface area contributed by atoms with Crippen molar-refractivity contribution < 1.29 is 4.79 Å². The summed E-state index contributed by atoms with van der Waals surface area (Å²) in [5, 5.41) is 11.6. The van der Waals surface area contributed by atoms with Crippen LogP contribution in [-0.2, 0) is 17.9 Å². The van der Waals surface area contributed by atoms with E-state index < -0.39 is 17.2 Å². The Balaban J connectivity index is 2.81. The number of hydrogen-bond acceptors (Lipinski definition) is 4. The molecule has 7 heteroatoms. The molecule has 0 aliphatic carbocycles. The van der Waals surface area contributed by atoms with Gasteiger partial charge < -0.3 is 5.32 Å². The third-order valence-electron chi connectivity index (χ3n) is 3.35. The first-order valence-corrected chi connectivity index (χ1v) is 7.56. The minimum atomic E-state index is -0.724. The molecule has 0 aliphatic rings. The van der Waals surface area contributed by atoms with Crippen LogP contribution in [0.3, 0.4) is 0 Å². The molecular formula is C15H22N4O3. The fourth-order valence-corrected chi connectivity index (χ4v) is 2.08. The van der Waals surface area contributed by atoms with Crippen LogP contribution in [0.5, 0.6) is 0 Å². The van der Waals surface area contributed by atoms with E-state index in [1.807, 2.05) is 0 Å². The van der Waals surface area contributed by atoms with Crippen molar-refractivity contribution in [3.8, 4) is 6.07 Å². The highest BCUT2D eigenvalue weighted by Gasteiger charge is 2.13. The van der Waals surface area contributed by atoms with Crippen LogP contribution in [-0.4, -0.2) is 21.6 Å². The van der Waals surface area contributed by atoms with Crippen molar-refractivity contribution in [3.63, 3.8) is 0 Å². The van der Waals surface area contributed by atoms with E-state index in [1.165, 1.54) is 10.8 Å². The van der Waals surface area contributed by atoms with Crippen molar-refractivity contribution in [1.29, 1.82) is 5.26 Å². The molecule has 120 valence electrons. The molecule has 0 atom stereocenters. The van der Waals surface area contributed by atoms with Gasteiger partial charge in [0.2, 0.25) is 5.91 Å². The zero-order chi connectivity index (χ0) is 16.5. The first kappa shape index (κ1) is 17.7. The molecule has 0 saturated carbocycles. The lowest BCUT2D eigenvalue weighted by Crippen LogP contribution is -2.44. The number of aryl methyl sites for hydroxylation is 1. The van der Waals surface area contributed by atoms with Gasteiger partial charge in [0.15, 0.2) is 0 Å². The highest BCUT2D eigenvalue weighted by Crippen LogP contribution is 1.97. The third-order valence-corrected chi connectivity index (χ3v) is 3.35. The number of unbranched alkanes of at least 4 members (excludes halogenated alkanes) is 3. The molecule has 7 nitrogen and oxygen atoms in total. The summed E-state index contributed by atoms with van der Waals surface area (Å²) in [4.78, 5) is 35.9. The molecule has 1 heterocycles. The maximum absolute atomic E-state index is 12.1. The Bertz CT molecular complexity index is 667. The molecule has 1 aromatic rings. The smallest absolute Gasteiger partial charge is 0.331 e. The molecule has 0 unspecified atom stereocenters. The number of nitrogens with zero attached hydrogens (tertiary/aromatic N) is 3. The van der Waals surface area contributed by atoms with E-state index in [2.05, 4.69) is 12.2 Å². The van der Waals surface area contributed by atoms with Crippen LogP contribution in [0.1, 0.15) is 45.1 Å². The summed E-state index contributed by atoms with van der Waals surface area (Å²) in [7, 11) is 0. The molecule has 1 amide bonds. The van der Waals surface area contributed by atoms with Gasteiger partial charge in [-0.15, -0.1) is 0 Å². The van der Waals surface area contributed by atoms with E-state index in [4.69, 9.17) is 5.26 Å². The summed E-state index contributed by atoms with van der Waals surface area (Å²) >= 11 is 0. The van der Waals surface area contributed by atoms with Crippen LogP contribution >= 0.6 is 0 Å². The van der Waals surface area contributed by atoms with Crippen molar-refractivity contribution in [2.24, 2.45) is 0 Å². The molecule has 1 N–H and O–H groups in total. The Hall–Kier alpha value is -2.36. The van der Waals surface area contributed by atoms with Crippen LogP contribution in [0.25, 0.3) is 0 Å². The number of hydrogen-bond donors (Lipinski definition) is 1. The monoisotopic (exact) mass is 306 g/mol. The van der Waals surface area contributed by atoms with Gasteiger partial charge in [0.25, 0.3) is 5.56 Å². The van der Waals surface area contributed by atoms with Gasteiger partial charge in [-0.25, -0.2) is 9.36 Å². The van der Waals surface area contributed by atoms with E-state index in [0.29, 0.717) is 13.1 Å². The minimum absolute atomic E-state index is 0.141. The number of amides is 1. The fourth-order valence-electron chi connectivity index (χ4n) is 2.08. The lowest BCUT2D eigenvalue weighted by molar-refractivity contribution is -0.121. The number of carbonyl (C=O) groups excluding carboxylic acids is 1. The van der Waals surface area contributed by atoms with Crippen LogP contribution in [0, 0.1) is 11.3 Å². The number of nitrogens with one attached hydrogen (secondary N) is 1. The Kier molecular flexibility index (Phi) is 7.09. The molecule has 0 radical (unpaired) electrons. The molecule has 0 fully saturated rings. The first-order chi connectivity index (χ1) is 10.5. The normalized spacial score (nSPS) is 10.2. The van der Waals surface area contributed by atoms with Gasteiger partial charge >= 0.3 is 5.69 Å². The van der Waals surface area contributed by atoms with E-state index in [9.17, 15) is 14.4 Å². The van der Waals surface area contributed by atoms with Gasteiger partial charge in [-0.05, 0) is 13.3 Å². The Morgan fingerprint density at radius 2 is 2.00 bits per heavy atom. The topological polar surface area (TPSA) is 96.9 Å². The Labute approximate surface area is 129 Å². The lowest BCUT2D eigenvalue weighted by Gasteiger charge is -2.09. The SMILES string of the molecule is CCCCCCNC(=O)Cn1c(=O)c(C#N)cn(CC)c1=O. The van der Waals surface area contributed by atoms with Crippen LogP contribution in [0.15, 0.2) is 15.8 Å². The van der Waals surface area contributed by atoms with Gasteiger partial charge in [-0.1, -0.05) is 26.2 Å². The second-order valence-corrected chi connectivity index (χ2v) is 5.03. The van der Waals surface area contributed by atoms with E-state index in [0.717, 1.165) is 30.3 Å². The van der Waals surface area contributed by atoms with Crippen molar-refractivity contribution in [3.05, 3.63) is 32.6 Å². The van der Waals surface area contributed by atoms with Gasteiger partial charge in [0.05, 0.1) is 0 Å². The molecule has 1 aromatic heterocycles. The predicted octanol–water partition coefficient (Wildman–Crippen LogP) is 0.598. The third kappa shape index (κ3) is 4.58. The average molecular weight is 306 g/mol. The van der Waals surface area contributed by atoms with Crippen molar-refractivity contribution in [1.82, 2.24) is 14.5 Å². The molecule has 0 saturated heterocycles. The number of aromatic nitrogens is 2. The number of nitriles is 1. The Morgan fingerprint density at radius 1 is 1.27 bits per heavy atom. The van der Waals surface area contributed by atoms with Crippen LogP contribution in [0.2, 0.25) is 0 Å². The van der Waals surface area contributed by atoms with Gasteiger partial charge in [0, 0.05) is 19.3 Å². The Morgan fingerprint density at radius 3 is 2.59 bits per heavy atom. The van der Waals surface area contributed by atoms with E-state index in [-0.39, 0.29) is 12.1 Å². The van der Waals surface area contributed by atoms with Crippen LogP contribution < -0.4 is 16.6 Å². The second kappa shape index (κ2) is 8.82. The lowest BCUT2D eigenvalue weighted by atomic mass is 10.2. The summed E-state index contributed by atoms with van der Waals surface area (Å²) in [5.41, 5.74) is -1.44. The van der Waals surface area contributed by atoms with Crippen molar-refractivity contribution >= 4 is 5.91 Å². The van der Waals surface area contributed by atoms with Gasteiger partial charge in [0.1, 0.15) is 18.2 Å². The highest BCUT2D eigenvalue weighted by atomic mass is 16.2. The zero-order valence-corrected chi connectivity index (χ0v) is 13.1. The second-order valence-electron chi connectivity index (χ2n) is 5.03. The molecule has 22 heavy (non-hydrogen) atoms. The van der Waals surface area contributed by atoms with Crippen molar-refractivity contribution in [2.75, 3.05) is 6.54 Å². The number of carbonyl (C=O) groups is 1. The summed E-state index contributed by atoms with van der Waals surface area (Å²) < 4.78 is 2.05. The average Bonchev–Trinajstić information content (AvgIpc) is 2.51. The minimum Gasteiger partial charge on any atom is -0.355 e. The standard InChI is InChI=1S/C15H22N4O3/c1-3-5-6-7-8-17-13(20)11-19-14(21)12(9-16)10-18(4-2)15(19)22/h10H,3-8,11H2,1-2H3,(H,17,20). The summed E-state index contributed by atoms with van der Waals surface area (Å²) in [6, 6.07) is 1.75. The molecule has 0 aliphatic heterocycles. The molecule has 0 aromatic carbocycles. The van der Waals surface area contributed by atoms with Crippen molar-refractivity contribution in [2.45, 2.75) is 52.6 Å². The largest absolute Gasteiger partial charge is 0.355 e. The van der Waals surface area contributed by atoms with Crippen LogP contribution in [0.4, 0.5) is 0 Å². The molecule has 1 rings (SSSR count). The van der Waals surface area contributed by atoms with E-state index >= 15 is 0 Å². The summed E-state index contributed by atoms with van der Waals surface area (Å²) in [6.07, 6.45) is 5.35. The summed E-state index contributed by atoms with van der Waals surface area (Å²) in [6.45, 7) is 4.32. The van der Waals surface area contributed by atoms with Gasteiger partial charge in [-0.3, -0.25) is 14.2 Å². The van der Waals surface area contributed by atoms with E-state index in [1.54, 1.807) is 13.0 Å². The molecular weight excluding hydrogens is 284 g/mol. The fraction of sp³-hybridized carbons (Fsp3) is 0.600. The zero-order valence-electron chi connectivity index (χ0n) is 13.1. The molecule has 0 bridgehead atoms.